The smallest absolute Gasteiger partial charge is 0.332 e. The van der Waals surface area contributed by atoms with E-state index in [1.165, 1.54) is 29.3 Å². The van der Waals surface area contributed by atoms with Gasteiger partial charge in [0, 0.05) is 13.2 Å². The zero-order valence-corrected chi connectivity index (χ0v) is 10.5. The van der Waals surface area contributed by atoms with E-state index in [-0.39, 0.29) is 5.76 Å². The van der Waals surface area contributed by atoms with Crippen LogP contribution in [0.2, 0.25) is 0 Å². The van der Waals surface area contributed by atoms with E-state index in [4.69, 9.17) is 4.42 Å². The third kappa shape index (κ3) is 2.65. The van der Waals surface area contributed by atoms with Crippen molar-refractivity contribution in [1.82, 2.24) is 15.1 Å². The Bertz CT molecular complexity index is 614. The summed E-state index contributed by atoms with van der Waals surface area (Å²) in [5, 5.41) is 15.5. The lowest BCUT2D eigenvalue weighted by molar-refractivity contribution is -0.139. The van der Waals surface area contributed by atoms with Crippen molar-refractivity contribution in [2.24, 2.45) is 7.05 Å². The fraction of sp³-hybridized carbons (Fsp3) is 0.250. The van der Waals surface area contributed by atoms with Gasteiger partial charge >= 0.3 is 5.97 Å². The summed E-state index contributed by atoms with van der Waals surface area (Å²) < 4.78 is 6.42. The van der Waals surface area contributed by atoms with Gasteiger partial charge in [0.05, 0.1) is 12.0 Å². The number of amides is 1. The van der Waals surface area contributed by atoms with E-state index in [1.54, 1.807) is 14.0 Å². The number of aliphatic carboxylic acids is 1. The first-order valence-electron chi connectivity index (χ1n) is 5.55. The van der Waals surface area contributed by atoms with Crippen molar-refractivity contribution in [2.75, 3.05) is 0 Å². The van der Waals surface area contributed by atoms with E-state index in [0.717, 1.165) is 5.56 Å². The van der Waals surface area contributed by atoms with E-state index in [0.29, 0.717) is 5.69 Å². The van der Waals surface area contributed by atoms with Crippen LogP contribution in [0.3, 0.4) is 0 Å². The maximum atomic E-state index is 11.9. The molecule has 7 nitrogen and oxygen atoms in total. The molecule has 1 amide bonds. The van der Waals surface area contributed by atoms with Crippen LogP contribution in [0.25, 0.3) is 0 Å². The number of nitrogens with one attached hydrogen (secondary N) is 1. The zero-order chi connectivity index (χ0) is 14.0. The molecular formula is C12H13N3O4. The summed E-state index contributed by atoms with van der Waals surface area (Å²) in [6.45, 7) is 1.77. The molecule has 0 saturated carbocycles. The van der Waals surface area contributed by atoms with Gasteiger partial charge in [-0.3, -0.25) is 9.48 Å². The largest absolute Gasteiger partial charge is 0.479 e. The summed E-state index contributed by atoms with van der Waals surface area (Å²) >= 11 is 0. The number of carbonyl (C=O) groups excluding carboxylic acids is 1. The molecule has 0 aromatic carbocycles. The minimum atomic E-state index is -1.18. The normalized spacial score (nSPS) is 12.1. The summed E-state index contributed by atoms with van der Waals surface area (Å²) in [4.78, 5) is 23.1. The maximum absolute atomic E-state index is 11.9. The molecule has 0 spiro atoms. The first kappa shape index (κ1) is 12.9. The molecule has 2 heterocycles. The van der Waals surface area contributed by atoms with Crippen LogP contribution in [0.15, 0.2) is 29.0 Å². The molecule has 2 N–H and O–H groups in total. The highest BCUT2D eigenvalue weighted by Gasteiger charge is 2.26. The Labute approximate surface area is 108 Å². The predicted molar refractivity (Wildman–Crippen MR) is 64.5 cm³/mol. The Balaban J connectivity index is 2.21. The van der Waals surface area contributed by atoms with Crippen LogP contribution in [0.1, 0.15) is 27.9 Å². The number of furan rings is 1. The average Bonchev–Trinajstić information content (AvgIpc) is 2.94. The van der Waals surface area contributed by atoms with Crippen molar-refractivity contribution in [3.05, 3.63) is 41.6 Å². The van der Waals surface area contributed by atoms with E-state index in [2.05, 4.69) is 10.4 Å². The Kier molecular flexibility index (Phi) is 3.37. The lowest BCUT2D eigenvalue weighted by Gasteiger charge is -2.13. The molecule has 0 aliphatic carbocycles. The second-order valence-corrected chi connectivity index (χ2v) is 4.11. The van der Waals surface area contributed by atoms with Crippen LogP contribution < -0.4 is 5.32 Å². The van der Waals surface area contributed by atoms with E-state index in [1.807, 2.05) is 0 Å². The number of hydrogen-bond acceptors (Lipinski definition) is 4. The van der Waals surface area contributed by atoms with Crippen molar-refractivity contribution in [1.29, 1.82) is 0 Å². The van der Waals surface area contributed by atoms with Gasteiger partial charge in [-0.2, -0.15) is 5.10 Å². The van der Waals surface area contributed by atoms with Crippen molar-refractivity contribution >= 4 is 11.9 Å². The van der Waals surface area contributed by atoms with Crippen LogP contribution in [0.4, 0.5) is 0 Å². The second kappa shape index (κ2) is 4.97. The van der Waals surface area contributed by atoms with Crippen molar-refractivity contribution in [2.45, 2.75) is 13.0 Å². The Morgan fingerprint density at radius 3 is 2.74 bits per heavy atom. The molecular weight excluding hydrogens is 250 g/mol. The van der Waals surface area contributed by atoms with Gasteiger partial charge in [0.2, 0.25) is 0 Å². The summed E-state index contributed by atoms with van der Waals surface area (Å²) in [5.41, 5.74) is 1.17. The molecule has 2 aromatic rings. The minimum absolute atomic E-state index is 0.0749. The monoisotopic (exact) mass is 263 g/mol. The second-order valence-electron chi connectivity index (χ2n) is 4.11. The van der Waals surface area contributed by atoms with Crippen LogP contribution in [-0.4, -0.2) is 26.8 Å². The Morgan fingerprint density at radius 1 is 1.53 bits per heavy atom. The standard InChI is InChI=1S/C12H13N3O4/c1-7-5-9(19-6-7)11(16)14-10(12(17)18)8-3-4-13-15(8)2/h3-6,10H,1-2H3,(H,14,16)(H,17,18). The number of carboxylic acid groups (broad SMARTS) is 1. The molecule has 0 aliphatic heterocycles. The van der Waals surface area contributed by atoms with Crippen molar-refractivity contribution in [3.8, 4) is 0 Å². The van der Waals surface area contributed by atoms with Gasteiger partial charge in [0.25, 0.3) is 5.91 Å². The summed E-state index contributed by atoms with van der Waals surface area (Å²) in [6, 6.07) is 1.90. The molecule has 0 saturated heterocycles. The predicted octanol–water partition coefficient (Wildman–Crippen LogP) is 0.877. The fourth-order valence-corrected chi connectivity index (χ4v) is 1.68. The van der Waals surface area contributed by atoms with Crippen LogP contribution in [0, 0.1) is 6.92 Å². The van der Waals surface area contributed by atoms with E-state index < -0.39 is 17.9 Å². The quantitative estimate of drug-likeness (QED) is 0.853. The van der Waals surface area contributed by atoms with Crippen LogP contribution >= 0.6 is 0 Å². The molecule has 2 rings (SSSR count). The van der Waals surface area contributed by atoms with Gasteiger partial charge in [-0.1, -0.05) is 0 Å². The summed E-state index contributed by atoms with van der Waals surface area (Å²) in [5.74, 6) is -1.67. The molecule has 19 heavy (non-hydrogen) atoms. The summed E-state index contributed by atoms with van der Waals surface area (Å²) in [7, 11) is 1.61. The topological polar surface area (TPSA) is 97.4 Å². The molecule has 0 aliphatic rings. The van der Waals surface area contributed by atoms with Gasteiger partial charge in [-0.25, -0.2) is 4.79 Å². The number of aryl methyl sites for hydroxylation is 2. The van der Waals surface area contributed by atoms with Crippen LogP contribution in [-0.2, 0) is 11.8 Å². The van der Waals surface area contributed by atoms with E-state index in [9.17, 15) is 14.7 Å². The minimum Gasteiger partial charge on any atom is -0.479 e. The fourth-order valence-electron chi connectivity index (χ4n) is 1.68. The number of nitrogens with zero attached hydrogens (tertiary/aromatic N) is 2. The van der Waals surface area contributed by atoms with Crippen LogP contribution in [0.5, 0.6) is 0 Å². The maximum Gasteiger partial charge on any atom is 0.332 e. The Morgan fingerprint density at radius 2 is 2.26 bits per heavy atom. The molecule has 7 heteroatoms. The molecule has 0 radical (unpaired) electrons. The highest BCUT2D eigenvalue weighted by Crippen LogP contribution is 2.14. The number of hydrogen-bond donors (Lipinski definition) is 2. The molecule has 0 bridgehead atoms. The molecule has 0 fully saturated rings. The number of rotatable bonds is 4. The third-order valence-electron chi connectivity index (χ3n) is 2.63. The van der Waals surface area contributed by atoms with Gasteiger partial charge < -0.3 is 14.8 Å². The highest BCUT2D eigenvalue weighted by molar-refractivity contribution is 5.94. The zero-order valence-electron chi connectivity index (χ0n) is 10.5. The molecule has 100 valence electrons. The number of aromatic nitrogens is 2. The van der Waals surface area contributed by atoms with Gasteiger partial charge in [-0.05, 0) is 24.6 Å². The first-order chi connectivity index (χ1) is 8.99. The van der Waals surface area contributed by atoms with Gasteiger partial charge in [-0.15, -0.1) is 0 Å². The summed E-state index contributed by atoms with van der Waals surface area (Å²) in [6.07, 6.45) is 2.89. The van der Waals surface area contributed by atoms with Gasteiger partial charge in [0.1, 0.15) is 0 Å². The highest BCUT2D eigenvalue weighted by atomic mass is 16.4. The average molecular weight is 263 g/mol. The number of carboxylic acids is 1. The molecule has 2 aromatic heterocycles. The molecule has 1 atom stereocenters. The lowest BCUT2D eigenvalue weighted by Crippen LogP contribution is -2.34. The number of carbonyl (C=O) groups is 2. The molecule has 1 unspecified atom stereocenters. The van der Waals surface area contributed by atoms with Crippen molar-refractivity contribution < 1.29 is 19.1 Å². The van der Waals surface area contributed by atoms with Gasteiger partial charge in [0.15, 0.2) is 11.8 Å². The first-order valence-corrected chi connectivity index (χ1v) is 5.55. The third-order valence-corrected chi connectivity index (χ3v) is 2.63. The van der Waals surface area contributed by atoms with Crippen molar-refractivity contribution in [3.63, 3.8) is 0 Å². The lowest BCUT2D eigenvalue weighted by atomic mass is 10.2. The Hall–Kier alpha value is -2.57. The van der Waals surface area contributed by atoms with E-state index >= 15 is 0 Å². The SMILES string of the molecule is Cc1coc(C(=O)NC(C(=O)O)c2ccnn2C)c1.